The van der Waals surface area contributed by atoms with Crippen molar-refractivity contribution in [1.82, 2.24) is 0 Å². The lowest BCUT2D eigenvalue weighted by Gasteiger charge is -2.21. The monoisotopic (exact) mass is 552 g/mol. The minimum atomic E-state index is -0.746. The lowest BCUT2D eigenvalue weighted by molar-refractivity contribution is -0.123. The molecule has 1 atom stereocenters. The third-order valence-corrected chi connectivity index (χ3v) is 7.28. The first kappa shape index (κ1) is 30.3. The van der Waals surface area contributed by atoms with Gasteiger partial charge in [0.1, 0.15) is 11.5 Å². The molecule has 0 aliphatic carbocycles. The van der Waals surface area contributed by atoms with Gasteiger partial charge in [-0.1, -0.05) is 87.7 Å². The molecule has 0 fully saturated rings. The predicted molar refractivity (Wildman–Crippen MR) is 161 cm³/mol. The van der Waals surface area contributed by atoms with Crippen LogP contribution in [-0.2, 0) is 9.59 Å². The number of phenolic OH excluding ortho intramolecular Hbond substituents is 1. The highest BCUT2D eigenvalue weighted by Crippen LogP contribution is 2.35. The van der Waals surface area contributed by atoms with Crippen LogP contribution in [0.15, 0.2) is 42.5 Å². The highest BCUT2D eigenvalue weighted by Gasteiger charge is 2.23. The fourth-order valence-corrected chi connectivity index (χ4v) is 5.02. The van der Waals surface area contributed by atoms with Crippen LogP contribution in [0.25, 0.3) is 10.8 Å². The number of aryl methyl sites for hydroxylation is 2. The number of unbranched alkanes of at least 4 members (excludes halogenated alkanes) is 7. The van der Waals surface area contributed by atoms with Gasteiger partial charge in [0.2, 0.25) is 5.91 Å². The zero-order valence-electron chi connectivity index (χ0n) is 23.5. The minimum absolute atomic E-state index is 0.179. The summed E-state index contributed by atoms with van der Waals surface area (Å²) in [4.78, 5) is 24.9. The van der Waals surface area contributed by atoms with Crippen molar-refractivity contribution >= 4 is 45.6 Å². The fourth-order valence-electron chi connectivity index (χ4n) is 4.81. The fraction of sp³-hybridized carbons (Fsp3) is 0.438. The molecule has 0 spiro atoms. The van der Waals surface area contributed by atoms with E-state index in [4.69, 9.17) is 16.3 Å². The lowest BCUT2D eigenvalue weighted by atomic mass is 10.00. The average Bonchev–Trinajstić information content (AvgIpc) is 2.89. The molecule has 3 rings (SSSR count). The van der Waals surface area contributed by atoms with Crippen LogP contribution in [0.1, 0.15) is 82.8 Å². The molecule has 0 heterocycles. The van der Waals surface area contributed by atoms with Gasteiger partial charge in [0.05, 0.1) is 16.4 Å². The number of amides is 2. The average molecular weight is 553 g/mol. The summed E-state index contributed by atoms with van der Waals surface area (Å²) in [5.41, 5.74) is 2.66. The second kappa shape index (κ2) is 14.8. The maximum atomic E-state index is 13.5. The van der Waals surface area contributed by atoms with Gasteiger partial charge in [0.25, 0.3) is 5.91 Å². The van der Waals surface area contributed by atoms with Gasteiger partial charge in [-0.05, 0) is 55.3 Å². The van der Waals surface area contributed by atoms with Crippen LogP contribution < -0.4 is 15.4 Å². The van der Waals surface area contributed by atoms with Crippen molar-refractivity contribution < 1.29 is 19.4 Å². The summed E-state index contributed by atoms with van der Waals surface area (Å²) in [5, 5.41) is 18.0. The Morgan fingerprint density at radius 3 is 2.26 bits per heavy atom. The van der Waals surface area contributed by atoms with Crippen LogP contribution in [-0.4, -0.2) is 23.0 Å². The number of hydrogen-bond donors (Lipinski definition) is 3. The molecule has 0 saturated heterocycles. The molecule has 0 bridgehead atoms. The minimum Gasteiger partial charge on any atom is -0.506 e. The smallest absolute Gasteiger partial charge is 0.265 e. The molecule has 3 N–H and O–H groups in total. The molecule has 3 aromatic rings. The first-order valence-electron chi connectivity index (χ1n) is 14.0. The Bertz CT molecular complexity index is 1290. The van der Waals surface area contributed by atoms with Crippen LogP contribution in [0.2, 0.25) is 5.02 Å². The van der Waals surface area contributed by atoms with E-state index in [1.807, 2.05) is 19.1 Å². The van der Waals surface area contributed by atoms with E-state index in [-0.39, 0.29) is 34.0 Å². The molecule has 1 unspecified atom stereocenters. The number of carbonyl (C=O) groups is 2. The van der Waals surface area contributed by atoms with Gasteiger partial charge in [-0.2, -0.15) is 0 Å². The summed E-state index contributed by atoms with van der Waals surface area (Å²) in [6, 6.07) is 12.8. The molecule has 0 aromatic heterocycles. The largest absolute Gasteiger partial charge is 0.506 e. The Morgan fingerprint density at radius 2 is 1.56 bits per heavy atom. The van der Waals surface area contributed by atoms with E-state index in [0.29, 0.717) is 12.2 Å². The Labute approximate surface area is 237 Å². The molecule has 0 radical (unpaired) electrons. The lowest BCUT2D eigenvalue weighted by Crippen LogP contribution is -2.33. The molecule has 3 aromatic carbocycles. The molecule has 2 amide bonds. The van der Waals surface area contributed by atoms with Crippen molar-refractivity contribution in [3.63, 3.8) is 0 Å². The molecule has 7 heteroatoms. The number of anilines is 2. The third-order valence-electron chi connectivity index (χ3n) is 6.96. The van der Waals surface area contributed by atoms with Crippen molar-refractivity contribution in [2.45, 2.75) is 91.6 Å². The maximum Gasteiger partial charge on any atom is 0.265 e. The van der Waals surface area contributed by atoms with Crippen molar-refractivity contribution in [3.05, 3.63) is 58.6 Å². The molecule has 0 aliphatic rings. The van der Waals surface area contributed by atoms with Crippen molar-refractivity contribution in [2.75, 3.05) is 10.6 Å². The number of phenols is 1. The van der Waals surface area contributed by atoms with E-state index in [2.05, 4.69) is 42.7 Å². The van der Waals surface area contributed by atoms with Gasteiger partial charge in [-0.15, -0.1) is 0 Å². The van der Waals surface area contributed by atoms with Crippen LogP contribution >= 0.6 is 11.6 Å². The van der Waals surface area contributed by atoms with Gasteiger partial charge >= 0.3 is 0 Å². The van der Waals surface area contributed by atoms with Gasteiger partial charge in [0, 0.05) is 18.4 Å². The Morgan fingerprint density at radius 1 is 0.897 bits per heavy atom. The zero-order valence-corrected chi connectivity index (χ0v) is 24.3. The van der Waals surface area contributed by atoms with Crippen LogP contribution in [0.4, 0.5) is 11.4 Å². The topological polar surface area (TPSA) is 87.7 Å². The number of rotatable bonds is 14. The zero-order chi connectivity index (χ0) is 28.4. The summed E-state index contributed by atoms with van der Waals surface area (Å²) in [5.74, 6) is -0.194. The van der Waals surface area contributed by atoms with Crippen molar-refractivity contribution in [2.24, 2.45) is 0 Å². The molecular formula is C32H41ClN2O4. The van der Waals surface area contributed by atoms with E-state index in [0.717, 1.165) is 41.2 Å². The van der Waals surface area contributed by atoms with E-state index in [1.165, 1.54) is 51.2 Å². The molecule has 39 heavy (non-hydrogen) atoms. The molecule has 0 saturated carbocycles. The first-order chi connectivity index (χ1) is 18.7. The Balaban J connectivity index is 1.79. The van der Waals surface area contributed by atoms with Gasteiger partial charge in [0.15, 0.2) is 6.10 Å². The summed E-state index contributed by atoms with van der Waals surface area (Å²) in [6.45, 7) is 7.67. The highest BCUT2D eigenvalue weighted by atomic mass is 35.5. The molecule has 210 valence electrons. The van der Waals surface area contributed by atoms with Crippen LogP contribution in [0, 0.1) is 13.8 Å². The summed E-state index contributed by atoms with van der Waals surface area (Å²) in [7, 11) is 0. The summed E-state index contributed by atoms with van der Waals surface area (Å²) < 4.78 is 6.43. The number of benzene rings is 3. The maximum absolute atomic E-state index is 13.5. The van der Waals surface area contributed by atoms with Gasteiger partial charge in [-0.25, -0.2) is 0 Å². The van der Waals surface area contributed by atoms with Crippen LogP contribution in [0.3, 0.4) is 0 Å². The number of nitrogens with one attached hydrogen (secondary N) is 2. The number of ether oxygens (including phenoxy) is 1. The standard InChI is InChI=1S/C32H41ClN2O4/c1-5-6-7-8-9-10-11-12-15-30(39-29-16-13-14-24-21(2)17-18-22(3)31(24)29)32(38)35-26-20-28(37)27(19-25(26)33)34-23(4)36/h13-14,16-20,30,37H,5-12,15H2,1-4H3,(H,34,36)(H,35,38). The first-order valence-corrected chi connectivity index (χ1v) is 14.4. The van der Waals surface area contributed by atoms with Crippen molar-refractivity contribution in [3.8, 4) is 11.5 Å². The molecule has 6 nitrogen and oxygen atoms in total. The number of hydrogen-bond acceptors (Lipinski definition) is 4. The van der Waals surface area contributed by atoms with Gasteiger partial charge in [-0.3, -0.25) is 9.59 Å². The Hall–Kier alpha value is -3.25. The van der Waals surface area contributed by atoms with Gasteiger partial charge < -0.3 is 20.5 Å². The van der Waals surface area contributed by atoms with E-state index >= 15 is 0 Å². The second-order valence-electron chi connectivity index (χ2n) is 10.3. The number of halogens is 1. The van der Waals surface area contributed by atoms with Crippen LogP contribution in [0.5, 0.6) is 11.5 Å². The summed E-state index contributed by atoms with van der Waals surface area (Å²) in [6.07, 6.45) is 9.07. The number of carbonyl (C=O) groups excluding carboxylic acids is 2. The second-order valence-corrected chi connectivity index (χ2v) is 10.7. The number of aromatic hydroxyl groups is 1. The van der Waals surface area contributed by atoms with E-state index in [9.17, 15) is 14.7 Å². The normalized spacial score (nSPS) is 11.8. The molecular weight excluding hydrogens is 512 g/mol. The number of fused-ring (bicyclic) bond motifs is 1. The molecule has 0 aliphatic heterocycles. The SMILES string of the molecule is CCCCCCCCCCC(Oc1cccc2c(C)ccc(C)c12)C(=O)Nc1cc(O)c(NC(C)=O)cc1Cl. The summed E-state index contributed by atoms with van der Waals surface area (Å²) >= 11 is 6.39. The quantitative estimate of drug-likeness (QED) is 0.138. The Kier molecular flexibility index (Phi) is 11.5. The van der Waals surface area contributed by atoms with E-state index in [1.54, 1.807) is 0 Å². The third kappa shape index (κ3) is 8.62. The highest BCUT2D eigenvalue weighted by molar-refractivity contribution is 6.34. The van der Waals surface area contributed by atoms with Crippen molar-refractivity contribution in [1.29, 1.82) is 0 Å². The van der Waals surface area contributed by atoms with E-state index < -0.39 is 6.10 Å². The predicted octanol–water partition coefficient (Wildman–Crippen LogP) is 8.69.